The third kappa shape index (κ3) is 3.26. The van der Waals surface area contributed by atoms with E-state index in [1.807, 2.05) is 42.5 Å². The van der Waals surface area contributed by atoms with Gasteiger partial charge in [-0.1, -0.05) is 47.5 Å². The molecule has 3 heterocycles. The smallest absolute Gasteiger partial charge is 0.260 e. The van der Waals surface area contributed by atoms with Gasteiger partial charge >= 0.3 is 0 Å². The van der Waals surface area contributed by atoms with E-state index in [1.54, 1.807) is 16.8 Å². The number of rotatable bonds is 3. The number of anilines is 2. The average Bonchev–Trinajstić information content (AvgIpc) is 3.30. The predicted molar refractivity (Wildman–Crippen MR) is 114 cm³/mol. The highest BCUT2D eigenvalue weighted by atomic mass is 35.5. The van der Waals surface area contributed by atoms with Crippen LogP contribution >= 0.6 is 23.2 Å². The van der Waals surface area contributed by atoms with Crippen LogP contribution in [0.4, 0.5) is 11.9 Å². The second-order valence-electron chi connectivity index (χ2n) is 7.01. The van der Waals surface area contributed by atoms with E-state index in [9.17, 15) is 9.59 Å². The lowest BCUT2D eigenvalue weighted by Crippen LogP contribution is -2.29. The molecule has 30 heavy (non-hydrogen) atoms. The molecule has 0 aliphatic carbocycles. The SMILES string of the molecule is O=C1CCC(=O)N1c1nc2n(n1)C(c1ccc(Cl)cc1)C=C(c1ccc(Cl)cc1)N2. The second-order valence-corrected chi connectivity index (χ2v) is 7.88. The zero-order valence-corrected chi connectivity index (χ0v) is 17.1. The lowest BCUT2D eigenvalue weighted by molar-refractivity contribution is -0.121. The zero-order chi connectivity index (χ0) is 20.8. The Bertz CT molecular complexity index is 1170. The Morgan fingerprint density at radius 3 is 2.13 bits per heavy atom. The number of nitrogens with zero attached hydrogens (tertiary/aromatic N) is 4. The molecule has 3 aromatic rings. The van der Waals surface area contributed by atoms with E-state index >= 15 is 0 Å². The number of aromatic nitrogens is 3. The van der Waals surface area contributed by atoms with Gasteiger partial charge in [-0.2, -0.15) is 4.98 Å². The minimum atomic E-state index is -0.307. The van der Waals surface area contributed by atoms with Crippen molar-refractivity contribution in [2.24, 2.45) is 0 Å². The van der Waals surface area contributed by atoms with Gasteiger partial charge in [0, 0.05) is 28.6 Å². The van der Waals surface area contributed by atoms with Crippen LogP contribution in [0, 0.1) is 0 Å². The molecule has 0 radical (unpaired) electrons. The molecule has 150 valence electrons. The number of imide groups is 1. The topological polar surface area (TPSA) is 80.1 Å². The standard InChI is InChI=1S/C21H15Cl2N5O2/c22-14-5-1-12(2-6-14)16-11-17(13-3-7-15(23)8-4-13)28-20(24-16)25-21(26-28)27-18(29)9-10-19(27)30/h1-8,11,17H,9-10H2,(H,24,25,26). The fourth-order valence-electron chi connectivity index (χ4n) is 3.57. The van der Waals surface area contributed by atoms with Crippen LogP contribution in [0.25, 0.3) is 5.70 Å². The molecule has 1 fully saturated rings. The van der Waals surface area contributed by atoms with Crippen molar-refractivity contribution in [3.8, 4) is 0 Å². The number of nitrogens with one attached hydrogen (secondary N) is 1. The molecule has 5 rings (SSSR count). The molecule has 1 aromatic heterocycles. The summed E-state index contributed by atoms with van der Waals surface area (Å²) in [4.78, 5) is 29.8. The minimum Gasteiger partial charge on any atom is -0.324 e. The van der Waals surface area contributed by atoms with Gasteiger partial charge in [0.1, 0.15) is 6.04 Å². The van der Waals surface area contributed by atoms with Gasteiger partial charge in [-0.25, -0.2) is 9.58 Å². The average molecular weight is 440 g/mol. The fourth-order valence-corrected chi connectivity index (χ4v) is 3.82. The molecule has 1 atom stereocenters. The molecule has 2 aliphatic heterocycles. The normalized spacial score (nSPS) is 18.3. The summed E-state index contributed by atoms with van der Waals surface area (Å²) in [6.07, 6.45) is 2.35. The Hall–Kier alpha value is -3.16. The molecule has 2 amide bonds. The monoisotopic (exact) mass is 439 g/mol. The number of hydrogen-bond donors (Lipinski definition) is 1. The van der Waals surface area contributed by atoms with Crippen molar-refractivity contribution in [1.29, 1.82) is 0 Å². The molecule has 2 aliphatic rings. The van der Waals surface area contributed by atoms with Crippen molar-refractivity contribution >= 4 is 52.6 Å². The van der Waals surface area contributed by atoms with Gasteiger partial charge in [0.2, 0.25) is 17.8 Å². The van der Waals surface area contributed by atoms with Crippen molar-refractivity contribution in [1.82, 2.24) is 14.8 Å². The molecular formula is C21H15Cl2N5O2. The molecule has 2 aromatic carbocycles. The second kappa shape index (κ2) is 7.27. The third-order valence-corrected chi connectivity index (χ3v) is 5.58. The highest BCUT2D eigenvalue weighted by Gasteiger charge is 2.35. The Morgan fingerprint density at radius 1 is 0.900 bits per heavy atom. The number of benzene rings is 2. The number of carbonyl (C=O) groups excluding carboxylic acids is 2. The van der Waals surface area contributed by atoms with Crippen molar-refractivity contribution in [3.05, 3.63) is 75.8 Å². The zero-order valence-electron chi connectivity index (χ0n) is 15.5. The van der Waals surface area contributed by atoms with Crippen LogP contribution in [0.3, 0.4) is 0 Å². The molecule has 0 bridgehead atoms. The number of amides is 2. The van der Waals surface area contributed by atoms with Crippen molar-refractivity contribution < 1.29 is 9.59 Å². The first kappa shape index (κ1) is 18.8. The maximum atomic E-state index is 12.2. The highest BCUT2D eigenvalue weighted by molar-refractivity contribution is 6.30. The molecule has 0 saturated carbocycles. The van der Waals surface area contributed by atoms with E-state index in [4.69, 9.17) is 23.2 Å². The first-order chi connectivity index (χ1) is 14.5. The van der Waals surface area contributed by atoms with Crippen LogP contribution in [0.1, 0.15) is 30.0 Å². The Morgan fingerprint density at radius 2 is 1.50 bits per heavy atom. The van der Waals surface area contributed by atoms with E-state index in [2.05, 4.69) is 15.4 Å². The van der Waals surface area contributed by atoms with Crippen molar-refractivity contribution in [2.75, 3.05) is 10.2 Å². The van der Waals surface area contributed by atoms with Crippen LogP contribution in [0.15, 0.2) is 54.6 Å². The van der Waals surface area contributed by atoms with E-state index in [0.717, 1.165) is 21.7 Å². The highest BCUT2D eigenvalue weighted by Crippen LogP contribution is 2.35. The van der Waals surface area contributed by atoms with E-state index in [0.29, 0.717) is 16.0 Å². The minimum absolute atomic E-state index is 0.0784. The Labute approximate surface area is 181 Å². The third-order valence-electron chi connectivity index (χ3n) is 5.07. The summed E-state index contributed by atoms with van der Waals surface area (Å²) >= 11 is 12.1. The van der Waals surface area contributed by atoms with Gasteiger partial charge in [-0.05, 0) is 41.5 Å². The molecule has 1 unspecified atom stereocenters. The summed E-state index contributed by atoms with van der Waals surface area (Å²) in [5.41, 5.74) is 2.67. The summed E-state index contributed by atoms with van der Waals surface area (Å²) in [5.74, 6) is -0.0756. The summed E-state index contributed by atoms with van der Waals surface area (Å²) in [6.45, 7) is 0. The molecule has 9 heteroatoms. The number of halogens is 2. The fraction of sp³-hybridized carbons (Fsp3) is 0.143. The Kier molecular flexibility index (Phi) is 4.56. The van der Waals surface area contributed by atoms with Gasteiger partial charge in [0.25, 0.3) is 5.95 Å². The van der Waals surface area contributed by atoms with E-state index in [-0.39, 0.29) is 36.6 Å². The molecule has 7 nitrogen and oxygen atoms in total. The number of carbonyl (C=O) groups is 2. The van der Waals surface area contributed by atoms with Crippen LogP contribution in [0.2, 0.25) is 10.0 Å². The van der Waals surface area contributed by atoms with Gasteiger partial charge in [0.15, 0.2) is 0 Å². The van der Waals surface area contributed by atoms with Crippen molar-refractivity contribution in [3.63, 3.8) is 0 Å². The molecule has 0 spiro atoms. The van der Waals surface area contributed by atoms with Gasteiger partial charge in [-0.3, -0.25) is 9.59 Å². The number of allylic oxidation sites excluding steroid dienone is 1. The first-order valence-corrected chi connectivity index (χ1v) is 10.1. The lowest BCUT2D eigenvalue weighted by Gasteiger charge is -2.24. The largest absolute Gasteiger partial charge is 0.324 e. The van der Waals surface area contributed by atoms with Crippen molar-refractivity contribution in [2.45, 2.75) is 18.9 Å². The molecular weight excluding hydrogens is 425 g/mol. The molecule has 1 N–H and O–H groups in total. The van der Waals surface area contributed by atoms with Crippen LogP contribution < -0.4 is 10.2 Å². The summed E-state index contributed by atoms with van der Waals surface area (Å²) < 4.78 is 1.66. The van der Waals surface area contributed by atoms with Gasteiger partial charge < -0.3 is 5.32 Å². The molecule has 1 saturated heterocycles. The first-order valence-electron chi connectivity index (χ1n) is 9.32. The maximum absolute atomic E-state index is 12.2. The van der Waals surface area contributed by atoms with Gasteiger partial charge in [-0.15, -0.1) is 5.10 Å². The maximum Gasteiger partial charge on any atom is 0.260 e. The van der Waals surface area contributed by atoms with Crippen LogP contribution in [-0.4, -0.2) is 26.6 Å². The summed E-state index contributed by atoms with van der Waals surface area (Å²) in [6, 6.07) is 14.5. The summed E-state index contributed by atoms with van der Waals surface area (Å²) in [7, 11) is 0. The summed E-state index contributed by atoms with van der Waals surface area (Å²) in [5, 5.41) is 9.00. The van der Waals surface area contributed by atoms with Crippen LogP contribution in [-0.2, 0) is 9.59 Å². The van der Waals surface area contributed by atoms with E-state index < -0.39 is 0 Å². The number of fused-ring (bicyclic) bond motifs is 1. The number of hydrogen-bond acceptors (Lipinski definition) is 5. The van der Waals surface area contributed by atoms with E-state index in [1.165, 1.54) is 0 Å². The quantitative estimate of drug-likeness (QED) is 0.615. The predicted octanol–water partition coefficient (Wildman–Crippen LogP) is 4.29. The van der Waals surface area contributed by atoms with Crippen LogP contribution in [0.5, 0.6) is 0 Å². The lowest BCUT2D eigenvalue weighted by atomic mass is 10.0. The van der Waals surface area contributed by atoms with Gasteiger partial charge in [0.05, 0.1) is 0 Å². The Balaban J connectivity index is 1.61.